The lowest BCUT2D eigenvalue weighted by Crippen LogP contribution is -2.28. The van der Waals surface area contributed by atoms with Crippen LogP contribution in [0.15, 0.2) is 0 Å². The monoisotopic (exact) mass is 254 g/mol. The molecular formula is C14H22O4. The molecule has 1 saturated carbocycles. The molecule has 0 aliphatic heterocycles. The lowest BCUT2D eigenvalue weighted by Gasteiger charge is -2.13. The number of rotatable bonds is 9. The maximum atomic E-state index is 11.8. The van der Waals surface area contributed by atoms with Gasteiger partial charge in [0.1, 0.15) is 17.5 Å². The average Bonchev–Trinajstić information content (AvgIpc) is 3.10. The predicted octanol–water partition coefficient (Wildman–Crippen LogP) is 2.29. The first-order valence-electron chi connectivity index (χ1n) is 6.79. The Labute approximate surface area is 108 Å². The van der Waals surface area contributed by atoms with E-state index < -0.39 is 11.9 Å². The van der Waals surface area contributed by atoms with Gasteiger partial charge < -0.3 is 4.74 Å². The molecule has 0 bridgehead atoms. The number of hydrogen-bond donors (Lipinski definition) is 0. The number of ketones is 2. The molecule has 1 rings (SSSR count). The first kappa shape index (κ1) is 14.9. The van der Waals surface area contributed by atoms with Crippen LogP contribution in [0, 0.1) is 11.8 Å². The van der Waals surface area contributed by atoms with E-state index in [4.69, 9.17) is 4.74 Å². The minimum Gasteiger partial charge on any atom is -0.465 e. The van der Waals surface area contributed by atoms with E-state index in [0.717, 1.165) is 12.8 Å². The highest BCUT2D eigenvalue weighted by Crippen LogP contribution is 2.33. The minimum atomic E-state index is -0.879. The van der Waals surface area contributed by atoms with Gasteiger partial charge >= 0.3 is 5.97 Å². The van der Waals surface area contributed by atoms with Crippen molar-refractivity contribution >= 4 is 17.5 Å². The molecule has 0 aromatic rings. The van der Waals surface area contributed by atoms with Crippen LogP contribution in [-0.2, 0) is 19.1 Å². The van der Waals surface area contributed by atoms with Crippen molar-refractivity contribution < 1.29 is 19.1 Å². The summed E-state index contributed by atoms with van der Waals surface area (Å²) >= 11 is 0. The Morgan fingerprint density at radius 1 is 1.22 bits per heavy atom. The summed E-state index contributed by atoms with van der Waals surface area (Å²) in [6.45, 7) is 3.82. The van der Waals surface area contributed by atoms with Gasteiger partial charge in [-0.2, -0.15) is 0 Å². The van der Waals surface area contributed by atoms with Crippen LogP contribution < -0.4 is 0 Å². The van der Waals surface area contributed by atoms with Crippen LogP contribution in [-0.4, -0.2) is 24.1 Å². The zero-order valence-electron chi connectivity index (χ0n) is 11.2. The van der Waals surface area contributed by atoms with Gasteiger partial charge in [0.15, 0.2) is 0 Å². The fraction of sp³-hybridized carbons (Fsp3) is 0.786. The molecule has 0 amide bonds. The second kappa shape index (κ2) is 7.29. The Morgan fingerprint density at radius 3 is 2.39 bits per heavy atom. The van der Waals surface area contributed by atoms with Gasteiger partial charge in [0, 0.05) is 19.3 Å². The van der Waals surface area contributed by atoms with E-state index in [1.54, 1.807) is 6.92 Å². The second-order valence-electron chi connectivity index (χ2n) is 4.91. The summed E-state index contributed by atoms with van der Waals surface area (Å²) in [5, 5.41) is 0. The van der Waals surface area contributed by atoms with Crippen molar-refractivity contribution in [3.63, 3.8) is 0 Å². The fourth-order valence-corrected chi connectivity index (χ4v) is 1.95. The molecule has 1 aliphatic rings. The van der Waals surface area contributed by atoms with E-state index >= 15 is 0 Å². The molecule has 0 saturated heterocycles. The van der Waals surface area contributed by atoms with Gasteiger partial charge in [-0.1, -0.05) is 6.92 Å². The Balaban J connectivity index is 2.54. The average molecular weight is 254 g/mol. The van der Waals surface area contributed by atoms with Crippen molar-refractivity contribution in [2.75, 3.05) is 6.61 Å². The third-order valence-electron chi connectivity index (χ3n) is 3.10. The van der Waals surface area contributed by atoms with Crippen LogP contribution in [0.2, 0.25) is 0 Å². The molecule has 0 radical (unpaired) electrons. The van der Waals surface area contributed by atoms with Crippen LogP contribution in [0.4, 0.5) is 0 Å². The predicted molar refractivity (Wildman–Crippen MR) is 67.0 cm³/mol. The van der Waals surface area contributed by atoms with Crippen molar-refractivity contribution in [3.8, 4) is 0 Å². The number of esters is 1. The van der Waals surface area contributed by atoms with Gasteiger partial charge in [-0.25, -0.2) is 0 Å². The summed E-state index contributed by atoms with van der Waals surface area (Å²) in [5.74, 6) is -1.09. The Morgan fingerprint density at radius 2 is 1.89 bits per heavy atom. The molecular weight excluding hydrogens is 232 g/mol. The van der Waals surface area contributed by atoms with Gasteiger partial charge in [-0.05, 0) is 32.1 Å². The first-order chi connectivity index (χ1) is 8.58. The molecule has 0 aromatic carbocycles. The Bertz CT molecular complexity index is 300. The molecule has 0 spiro atoms. The van der Waals surface area contributed by atoms with Crippen molar-refractivity contribution in [3.05, 3.63) is 0 Å². The van der Waals surface area contributed by atoms with Gasteiger partial charge in [0.05, 0.1) is 6.61 Å². The summed E-state index contributed by atoms with van der Waals surface area (Å²) < 4.78 is 4.88. The lowest BCUT2D eigenvalue weighted by atomic mass is 9.93. The van der Waals surface area contributed by atoms with Crippen LogP contribution >= 0.6 is 0 Å². The molecule has 1 atom stereocenters. The molecule has 0 aromatic heterocycles. The van der Waals surface area contributed by atoms with Gasteiger partial charge in [0.25, 0.3) is 0 Å². The van der Waals surface area contributed by atoms with Crippen molar-refractivity contribution in [2.45, 2.75) is 52.4 Å². The molecule has 4 nitrogen and oxygen atoms in total. The summed E-state index contributed by atoms with van der Waals surface area (Å²) in [4.78, 5) is 35.3. The molecule has 1 aliphatic carbocycles. The van der Waals surface area contributed by atoms with Crippen LogP contribution in [0.3, 0.4) is 0 Å². The highest BCUT2D eigenvalue weighted by molar-refractivity contribution is 6.02. The van der Waals surface area contributed by atoms with Crippen molar-refractivity contribution in [1.29, 1.82) is 0 Å². The highest BCUT2D eigenvalue weighted by Gasteiger charge is 2.32. The number of ether oxygens (including phenoxy) is 1. The number of hydrogen-bond acceptors (Lipinski definition) is 4. The van der Waals surface area contributed by atoms with E-state index in [0.29, 0.717) is 25.2 Å². The standard InChI is InChI=1S/C14H22O4/c1-3-5-13(16)12(14(17)18-4-2)9-11(15)8-10-6-7-10/h10,12H,3-9H2,1-2H3. The molecule has 0 N–H and O–H groups in total. The number of Topliss-reactive ketones (excluding diaryl/α,β-unsaturated/α-hetero) is 2. The van der Waals surface area contributed by atoms with E-state index in [2.05, 4.69) is 0 Å². The topological polar surface area (TPSA) is 60.4 Å². The van der Waals surface area contributed by atoms with E-state index in [1.807, 2.05) is 6.92 Å². The van der Waals surface area contributed by atoms with Gasteiger partial charge in [-0.3, -0.25) is 14.4 Å². The molecule has 1 unspecified atom stereocenters. The maximum Gasteiger partial charge on any atom is 0.316 e. The van der Waals surface area contributed by atoms with E-state index in [1.165, 1.54) is 0 Å². The van der Waals surface area contributed by atoms with Crippen LogP contribution in [0.1, 0.15) is 52.4 Å². The van der Waals surface area contributed by atoms with Gasteiger partial charge in [-0.15, -0.1) is 0 Å². The Kier molecular flexibility index (Phi) is 6.02. The second-order valence-corrected chi connectivity index (χ2v) is 4.91. The van der Waals surface area contributed by atoms with Gasteiger partial charge in [0.2, 0.25) is 0 Å². The third-order valence-corrected chi connectivity index (χ3v) is 3.10. The fourth-order valence-electron chi connectivity index (χ4n) is 1.95. The zero-order chi connectivity index (χ0) is 13.5. The first-order valence-corrected chi connectivity index (χ1v) is 6.79. The third kappa shape index (κ3) is 4.98. The molecule has 102 valence electrons. The van der Waals surface area contributed by atoms with Crippen LogP contribution in [0.5, 0.6) is 0 Å². The molecule has 1 fully saturated rings. The number of carbonyl (C=O) groups is 3. The molecule has 4 heteroatoms. The summed E-state index contributed by atoms with van der Waals surface area (Å²) in [6.07, 6.45) is 3.74. The van der Waals surface area contributed by atoms with E-state index in [-0.39, 0.29) is 24.6 Å². The minimum absolute atomic E-state index is 0.0139. The maximum absolute atomic E-state index is 11.8. The van der Waals surface area contributed by atoms with Crippen molar-refractivity contribution in [2.24, 2.45) is 11.8 Å². The van der Waals surface area contributed by atoms with Crippen molar-refractivity contribution in [1.82, 2.24) is 0 Å². The molecule has 18 heavy (non-hydrogen) atoms. The largest absolute Gasteiger partial charge is 0.465 e. The quantitative estimate of drug-likeness (QED) is 0.468. The normalized spacial score (nSPS) is 16.1. The summed E-state index contributed by atoms with van der Waals surface area (Å²) in [6, 6.07) is 0. The van der Waals surface area contributed by atoms with E-state index in [9.17, 15) is 14.4 Å². The summed E-state index contributed by atoms with van der Waals surface area (Å²) in [5.41, 5.74) is 0. The SMILES string of the molecule is CCCC(=O)C(CC(=O)CC1CC1)C(=O)OCC. The smallest absolute Gasteiger partial charge is 0.316 e. The van der Waals surface area contributed by atoms with Crippen LogP contribution in [0.25, 0.3) is 0 Å². The summed E-state index contributed by atoms with van der Waals surface area (Å²) in [7, 11) is 0. The lowest BCUT2D eigenvalue weighted by molar-refractivity contribution is -0.153. The number of carbonyl (C=O) groups excluding carboxylic acids is 3. The highest BCUT2D eigenvalue weighted by atomic mass is 16.5. The molecule has 0 heterocycles. The zero-order valence-corrected chi connectivity index (χ0v) is 11.2. The Hall–Kier alpha value is -1.19.